The lowest BCUT2D eigenvalue weighted by Gasteiger charge is -2.37. The van der Waals surface area contributed by atoms with Crippen LogP contribution in [0, 0.1) is 0 Å². The van der Waals surface area contributed by atoms with Gasteiger partial charge in [0.2, 0.25) is 0 Å². The zero-order chi connectivity index (χ0) is 16.1. The Labute approximate surface area is 125 Å². The van der Waals surface area contributed by atoms with Crippen molar-refractivity contribution in [3.63, 3.8) is 0 Å². The molecule has 0 saturated heterocycles. The fourth-order valence-electron chi connectivity index (χ4n) is 3.04. The van der Waals surface area contributed by atoms with Crippen molar-refractivity contribution in [3.8, 4) is 11.7 Å². The minimum absolute atomic E-state index is 0.0364. The number of carbonyl (C=O) groups excluding carboxylic acids is 1. The van der Waals surface area contributed by atoms with E-state index in [9.17, 15) is 24.9 Å². The largest absolute Gasteiger partial charge is 0.507 e. The average Bonchev–Trinajstić information content (AvgIpc) is 2.35. The quantitative estimate of drug-likeness (QED) is 0.737. The van der Waals surface area contributed by atoms with Gasteiger partial charge in [0.1, 0.15) is 11.5 Å². The van der Waals surface area contributed by atoms with Gasteiger partial charge in [0, 0.05) is 12.5 Å². The predicted octanol–water partition coefficient (Wildman–Crippen LogP) is 1.52. The number of aromatic hydroxyl groups is 2. The Kier molecular flexibility index (Phi) is 3.07. The molecule has 22 heavy (non-hydrogen) atoms. The molecule has 1 aromatic heterocycles. The van der Waals surface area contributed by atoms with Crippen molar-refractivity contribution < 1.29 is 24.5 Å². The first-order valence-electron chi connectivity index (χ1n) is 6.71. The Hall–Kier alpha value is -2.60. The van der Waals surface area contributed by atoms with Crippen LogP contribution in [0.25, 0.3) is 0 Å². The molecule has 1 aliphatic rings. The second-order valence-electron chi connectivity index (χ2n) is 5.67. The van der Waals surface area contributed by atoms with Gasteiger partial charge in [0.05, 0.1) is 23.1 Å². The van der Waals surface area contributed by atoms with Gasteiger partial charge >= 0.3 is 0 Å². The van der Waals surface area contributed by atoms with E-state index in [4.69, 9.17) is 4.42 Å². The van der Waals surface area contributed by atoms with Crippen molar-refractivity contribution in [2.75, 3.05) is 0 Å². The van der Waals surface area contributed by atoms with Crippen LogP contribution in [0.4, 0.5) is 0 Å². The number of fused-ring (bicyclic) bond motifs is 1. The molecule has 1 heterocycles. The Balaban J connectivity index is 2.29. The summed E-state index contributed by atoms with van der Waals surface area (Å²) in [6.45, 7) is 1.45. The highest BCUT2D eigenvalue weighted by Crippen LogP contribution is 2.45. The number of Topliss-reactive ketones (excluding diaryl/α,β-unsaturated/α-hetero) is 1. The summed E-state index contributed by atoms with van der Waals surface area (Å²) in [5.74, 6) is -1.97. The molecule has 3 N–H and O–H groups in total. The molecule has 2 atom stereocenters. The van der Waals surface area contributed by atoms with E-state index in [0.717, 1.165) is 12.1 Å². The number of aliphatic hydroxyl groups is 1. The van der Waals surface area contributed by atoms with E-state index in [-0.39, 0.29) is 23.5 Å². The van der Waals surface area contributed by atoms with Crippen LogP contribution in [0.1, 0.15) is 40.9 Å². The fourth-order valence-corrected chi connectivity index (χ4v) is 3.04. The number of carbonyl (C=O) groups is 1. The van der Waals surface area contributed by atoms with Crippen LogP contribution in [0.5, 0.6) is 11.7 Å². The summed E-state index contributed by atoms with van der Waals surface area (Å²) >= 11 is 0. The van der Waals surface area contributed by atoms with Crippen LogP contribution in [0.3, 0.4) is 0 Å². The summed E-state index contributed by atoms with van der Waals surface area (Å²) in [6, 6.07) is 6.57. The number of hydrogen-bond donors (Lipinski definition) is 3. The number of phenols is 1. The first-order valence-corrected chi connectivity index (χ1v) is 6.71. The van der Waals surface area contributed by atoms with E-state index in [1.165, 1.54) is 19.1 Å². The van der Waals surface area contributed by atoms with E-state index in [1.807, 2.05) is 0 Å². The Morgan fingerprint density at radius 2 is 1.95 bits per heavy atom. The van der Waals surface area contributed by atoms with Gasteiger partial charge in [-0.05, 0) is 18.6 Å². The number of ketones is 1. The maximum Gasteiger partial charge on any atom is 0.285 e. The summed E-state index contributed by atoms with van der Waals surface area (Å²) in [5, 5.41) is 30.0. The third kappa shape index (κ3) is 2.17. The summed E-state index contributed by atoms with van der Waals surface area (Å²) < 4.78 is 5.17. The lowest BCUT2D eigenvalue weighted by Crippen LogP contribution is -2.41. The van der Waals surface area contributed by atoms with Gasteiger partial charge < -0.3 is 19.7 Å². The van der Waals surface area contributed by atoms with Gasteiger partial charge in [0.15, 0.2) is 11.2 Å². The number of phenolic OH excluding ortho intramolecular Hbond substituents is 1. The van der Waals surface area contributed by atoms with Gasteiger partial charge in [-0.2, -0.15) is 0 Å². The molecule has 0 saturated carbocycles. The Morgan fingerprint density at radius 3 is 2.64 bits per heavy atom. The summed E-state index contributed by atoms with van der Waals surface area (Å²) in [7, 11) is 0. The first-order chi connectivity index (χ1) is 10.3. The van der Waals surface area contributed by atoms with Gasteiger partial charge in [0.25, 0.3) is 5.95 Å². The van der Waals surface area contributed by atoms with Gasteiger partial charge in [-0.1, -0.05) is 12.1 Å². The van der Waals surface area contributed by atoms with Crippen LogP contribution in [-0.4, -0.2) is 26.7 Å². The van der Waals surface area contributed by atoms with Crippen LogP contribution in [0.2, 0.25) is 0 Å². The first kappa shape index (κ1) is 14.3. The second kappa shape index (κ2) is 4.71. The van der Waals surface area contributed by atoms with Crippen molar-refractivity contribution in [1.82, 2.24) is 0 Å². The molecule has 6 heteroatoms. The van der Waals surface area contributed by atoms with Crippen LogP contribution in [-0.2, 0) is 0 Å². The topological polar surface area (TPSA) is 108 Å². The molecule has 3 rings (SSSR count). The number of hydrogen-bond acceptors (Lipinski definition) is 6. The maximum absolute atomic E-state index is 12.2. The zero-order valence-electron chi connectivity index (χ0n) is 11.7. The lowest BCUT2D eigenvalue weighted by atomic mass is 9.71. The second-order valence-corrected chi connectivity index (χ2v) is 5.67. The smallest absolute Gasteiger partial charge is 0.285 e. The van der Waals surface area contributed by atoms with Crippen LogP contribution < -0.4 is 5.43 Å². The summed E-state index contributed by atoms with van der Waals surface area (Å²) in [5.41, 5.74) is -1.53. The number of benzene rings is 1. The van der Waals surface area contributed by atoms with E-state index in [1.54, 1.807) is 6.07 Å². The van der Waals surface area contributed by atoms with E-state index in [0.29, 0.717) is 5.56 Å². The summed E-state index contributed by atoms with van der Waals surface area (Å²) in [4.78, 5) is 23.8. The molecule has 6 nitrogen and oxygen atoms in total. The van der Waals surface area contributed by atoms with Crippen molar-refractivity contribution in [1.29, 1.82) is 0 Å². The molecule has 0 amide bonds. The SMILES string of the molecule is CC1(O)CC(=O)c2c(O)cccc2C1c1cc(=O)cc(O)o1. The van der Waals surface area contributed by atoms with Gasteiger partial charge in [-0.25, -0.2) is 0 Å². The molecule has 0 bridgehead atoms. The maximum atomic E-state index is 12.2. The molecule has 0 aliphatic heterocycles. The Bertz CT molecular complexity index is 818. The minimum atomic E-state index is -1.51. The average molecular weight is 302 g/mol. The minimum Gasteiger partial charge on any atom is -0.507 e. The third-order valence-corrected chi connectivity index (χ3v) is 3.86. The highest BCUT2D eigenvalue weighted by atomic mass is 16.5. The molecule has 2 unspecified atom stereocenters. The van der Waals surface area contributed by atoms with Crippen LogP contribution >= 0.6 is 0 Å². The van der Waals surface area contributed by atoms with Crippen molar-refractivity contribution in [3.05, 3.63) is 57.4 Å². The fraction of sp³-hybridized carbons (Fsp3) is 0.250. The molecule has 1 aromatic carbocycles. The highest BCUT2D eigenvalue weighted by molar-refractivity contribution is 6.02. The standard InChI is InChI=1S/C16H14O6/c1-16(21)7-11(19)14-9(3-2-4-10(14)18)15(16)12-5-8(17)6-13(20)22-12/h2-6,15,18,20-21H,7H2,1H3. The van der Waals surface area contributed by atoms with Gasteiger partial charge in [-0.15, -0.1) is 0 Å². The van der Waals surface area contributed by atoms with E-state index >= 15 is 0 Å². The lowest BCUT2D eigenvalue weighted by molar-refractivity contribution is 0.0215. The molecule has 2 aromatic rings. The van der Waals surface area contributed by atoms with Crippen molar-refractivity contribution in [2.24, 2.45) is 0 Å². The van der Waals surface area contributed by atoms with Crippen molar-refractivity contribution >= 4 is 5.78 Å². The molecule has 0 radical (unpaired) electrons. The predicted molar refractivity (Wildman–Crippen MR) is 76.2 cm³/mol. The molecule has 0 fully saturated rings. The van der Waals surface area contributed by atoms with Crippen LogP contribution in [0.15, 0.2) is 39.5 Å². The van der Waals surface area contributed by atoms with Crippen molar-refractivity contribution in [2.45, 2.75) is 24.9 Å². The molecular formula is C16H14O6. The highest BCUT2D eigenvalue weighted by Gasteiger charge is 2.45. The van der Waals surface area contributed by atoms with E-state index < -0.39 is 28.7 Å². The Morgan fingerprint density at radius 1 is 1.23 bits per heavy atom. The number of rotatable bonds is 1. The third-order valence-electron chi connectivity index (χ3n) is 3.86. The molecule has 1 aliphatic carbocycles. The summed E-state index contributed by atoms with van der Waals surface area (Å²) in [6.07, 6.45) is -0.235. The van der Waals surface area contributed by atoms with Gasteiger partial charge in [-0.3, -0.25) is 9.59 Å². The molecule has 0 spiro atoms. The normalized spacial score (nSPS) is 24.1. The molecule has 114 valence electrons. The monoisotopic (exact) mass is 302 g/mol. The molecular weight excluding hydrogens is 288 g/mol. The zero-order valence-corrected chi connectivity index (χ0v) is 11.7. The van der Waals surface area contributed by atoms with E-state index in [2.05, 4.69) is 0 Å².